The first-order chi connectivity index (χ1) is 15.0. The van der Waals surface area contributed by atoms with Crippen molar-refractivity contribution in [3.05, 3.63) is 46.4 Å². The Morgan fingerprint density at radius 2 is 2.10 bits per heavy atom. The van der Waals surface area contributed by atoms with Crippen LogP contribution in [-0.2, 0) is 26.3 Å². The molecule has 1 saturated carbocycles. The maximum atomic E-state index is 11.8. The molecule has 2 fully saturated rings. The van der Waals surface area contributed by atoms with Crippen molar-refractivity contribution in [2.24, 2.45) is 0 Å². The molecule has 0 unspecified atom stereocenters. The first-order valence-electron chi connectivity index (χ1n) is 11.1. The number of hydroxylamine groups is 2. The Bertz CT molecular complexity index is 865. The van der Waals surface area contributed by atoms with Crippen molar-refractivity contribution in [2.75, 3.05) is 20.3 Å². The number of hydrogen-bond acceptors (Lipinski definition) is 7. The third-order valence-corrected chi connectivity index (χ3v) is 7.60. The van der Waals surface area contributed by atoms with E-state index >= 15 is 0 Å². The maximum Gasteiger partial charge on any atom is 0.322 e. The highest BCUT2D eigenvalue weighted by Crippen LogP contribution is 2.49. The number of methoxy groups -OCH3 is 1. The van der Waals surface area contributed by atoms with Gasteiger partial charge in [-0.2, -0.15) is 0 Å². The summed E-state index contributed by atoms with van der Waals surface area (Å²) in [6.45, 7) is 3.35. The van der Waals surface area contributed by atoms with Crippen LogP contribution in [0, 0.1) is 0 Å². The Balaban J connectivity index is 1.56. The minimum atomic E-state index is -0.304. The molecule has 3 heterocycles. The Hall–Kier alpha value is -1.96. The minimum Gasteiger partial charge on any atom is -0.496 e. The molecular formula is C24H32N2O4S. The van der Waals surface area contributed by atoms with Crippen molar-refractivity contribution >= 4 is 17.3 Å². The summed E-state index contributed by atoms with van der Waals surface area (Å²) in [5.74, 6) is 0.527. The molecule has 0 N–H and O–H groups in total. The Labute approximate surface area is 188 Å². The maximum absolute atomic E-state index is 11.8. The van der Waals surface area contributed by atoms with Crippen LogP contribution < -0.4 is 4.74 Å². The summed E-state index contributed by atoms with van der Waals surface area (Å²) >= 11 is 1.61. The normalized spacial score (nSPS) is 22.7. The van der Waals surface area contributed by atoms with Crippen molar-refractivity contribution in [1.82, 2.24) is 10.0 Å². The van der Waals surface area contributed by atoms with Gasteiger partial charge in [-0.1, -0.05) is 18.9 Å². The van der Waals surface area contributed by atoms with E-state index in [0.29, 0.717) is 13.1 Å². The van der Waals surface area contributed by atoms with Crippen LogP contribution in [0.1, 0.15) is 62.4 Å². The summed E-state index contributed by atoms with van der Waals surface area (Å²) in [6.07, 6.45) is 9.37. The van der Waals surface area contributed by atoms with E-state index in [9.17, 15) is 4.79 Å². The molecule has 1 aliphatic carbocycles. The summed E-state index contributed by atoms with van der Waals surface area (Å²) in [6, 6.07) is 8.13. The molecule has 2 aromatic rings. The Morgan fingerprint density at radius 3 is 2.81 bits per heavy atom. The summed E-state index contributed by atoms with van der Waals surface area (Å²) in [7, 11) is 1.67. The van der Waals surface area contributed by atoms with Gasteiger partial charge in [-0.25, -0.2) is 0 Å². The highest BCUT2D eigenvalue weighted by molar-refractivity contribution is 7.10. The second-order valence-electron chi connectivity index (χ2n) is 8.77. The zero-order valence-corrected chi connectivity index (χ0v) is 19.3. The lowest BCUT2D eigenvalue weighted by Gasteiger charge is -2.46. The van der Waals surface area contributed by atoms with Gasteiger partial charge in [-0.05, 0) is 55.7 Å². The number of carbonyl (C=O) groups is 1. The Morgan fingerprint density at radius 1 is 1.26 bits per heavy atom. The second-order valence-corrected chi connectivity index (χ2v) is 9.77. The number of nitrogens with zero attached hydrogens (tertiary/aromatic N) is 2. The molecule has 0 amide bonds. The van der Waals surface area contributed by atoms with Gasteiger partial charge in [0.15, 0.2) is 0 Å². The first-order valence-corrected chi connectivity index (χ1v) is 12.0. The van der Waals surface area contributed by atoms with Gasteiger partial charge in [0.2, 0.25) is 0 Å². The quantitative estimate of drug-likeness (QED) is 0.541. The number of pyridine rings is 1. The average molecular weight is 445 g/mol. The van der Waals surface area contributed by atoms with Crippen LogP contribution in [0.25, 0.3) is 0 Å². The molecule has 7 heteroatoms. The molecule has 1 atom stereocenters. The summed E-state index contributed by atoms with van der Waals surface area (Å²) in [4.78, 5) is 23.2. The van der Waals surface area contributed by atoms with Crippen LogP contribution in [-0.4, -0.2) is 41.9 Å². The smallest absolute Gasteiger partial charge is 0.322 e. The SMILES string of the molecule is COc1ccsc1CN(CC[C@@]1(c2ccccn2)CCOC2(CCCC2)C1)OC(C)=O. The van der Waals surface area contributed by atoms with Gasteiger partial charge in [0, 0.05) is 37.4 Å². The molecule has 2 aliphatic rings. The van der Waals surface area contributed by atoms with Gasteiger partial charge >= 0.3 is 5.97 Å². The molecule has 0 radical (unpaired) electrons. The van der Waals surface area contributed by atoms with Crippen LogP contribution in [0.5, 0.6) is 5.75 Å². The summed E-state index contributed by atoms with van der Waals surface area (Å²) < 4.78 is 11.8. The molecular weight excluding hydrogens is 412 g/mol. The molecule has 0 bridgehead atoms. The fourth-order valence-electron chi connectivity index (χ4n) is 5.26. The van der Waals surface area contributed by atoms with Crippen LogP contribution in [0.15, 0.2) is 35.8 Å². The predicted octanol–water partition coefficient (Wildman–Crippen LogP) is 4.88. The van der Waals surface area contributed by atoms with Gasteiger partial charge in [0.1, 0.15) is 5.75 Å². The first kappa shape index (κ1) is 22.2. The van der Waals surface area contributed by atoms with Crippen molar-refractivity contribution in [3.63, 3.8) is 0 Å². The number of ether oxygens (including phenoxy) is 2. The monoisotopic (exact) mass is 444 g/mol. The molecule has 168 valence electrons. The van der Waals surface area contributed by atoms with Crippen LogP contribution in [0.3, 0.4) is 0 Å². The number of rotatable bonds is 8. The number of carbonyl (C=O) groups excluding carboxylic acids is 1. The van der Waals surface area contributed by atoms with Crippen LogP contribution in [0.2, 0.25) is 0 Å². The van der Waals surface area contributed by atoms with Crippen molar-refractivity contribution in [2.45, 2.75) is 69.4 Å². The van der Waals surface area contributed by atoms with Crippen molar-refractivity contribution in [1.29, 1.82) is 0 Å². The van der Waals surface area contributed by atoms with E-state index in [1.165, 1.54) is 19.8 Å². The summed E-state index contributed by atoms with van der Waals surface area (Å²) in [5.41, 5.74) is 1.02. The molecule has 1 spiro atoms. The topological polar surface area (TPSA) is 60.9 Å². The van der Waals surface area contributed by atoms with E-state index in [1.54, 1.807) is 23.5 Å². The van der Waals surface area contributed by atoms with Gasteiger partial charge in [-0.3, -0.25) is 9.78 Å². The second kappa shape index (κ2) is 9.67. The molecule has 0 aromatic carbocycles. The molecule has 6 nitrogen and oxygen atoms in total. The van der Waals surface area contributed by atoms with E-state index < -0.39 is 0 Å². The van der Waals surface area contributed by atoms with E-state index in [-0.39, 0.29) is 17.0 Å². The van der Waals surface area contributed by atoms with Crippen molar-refractivity contribution in [3.8, 4) is 5.75 Å². The van der Waals surface area contributed by atoms with Crippen LogP contribution >= 0.6 is 11.3 Å². The lowest BCUT2D eigenvalue weighted by Crippen LogP contribution is -2.47. The van der Waals surface area contributed by atoms with Crippen LogP contribution in [0.4, 0.5) is 0 Å². The van der Waals surface area contributed by atoms with Gasteiger partial charge in [-0.15, -0.1) is 16.4 Å². The fourth-order valence-corrected chi connectivity index (χ4v) is 6.10. The fraction of sp³-hybridized carbons (Fsp3) is 0.583. The van der Waals surface area contributed by atoms with E-state index in [4.69, 9.17) is 19.3 Å². The van der Waals surface area contributed by atoms with Gasteiger partial charge < -0.3 is 14.3 Å². The summed E-state index contributed by atoms with van der Waals surface area (Å²) in [5, 5.41) is 3.77. The largest absolute Gasteiger partial charge is 0.496 e. The number of aromatic nitrogens is 1. The molecule has 1 aliphatic heterocycles. The van der Waals surface area contributed by atoms with Crippen molar-refractivity contribution < 1.29 is 19.1 Å². The number of hydrogen-bond donors (Lipinski definition) is 0. The third-order valence-electron chi connectivity index (χ3n) is 6.71. The molecule has 4 rings (SSSR count). The lowest BCUT2D eigenvalue weighted by molar-refractivity contribution is -0.193. The molecule has 31 heavy (non-hydrogen) atoms. The zero-order valence-electron chi connectivity index (χ0n) is 18.5. The van der Waals surface area contributed by atoms with Gasteiger partial charge in [0.25, 0.3) is 0 Å². The highest BCUT2D eigenvalue weighted by Gasteiger charge is 2.48. The molecule has 2 aromatic heterocycles. The predicted molar refractivity (Wildman–Crippen MR) is 120 cm³/mol. The Kier molecular flexibility index (Phi) is 6.94. The number of thiophene rings is 1. The van der Waals surface area contributed by atoms with E-state index in [0.717, 1.165) is 55.0 Å². The van der Waals surface area contributed by atoms with E-state index in [2.05, 4.69) is 12.1 Å². The lowest BCUT2D eigenvalue weighted by atomic mass is 9.68. The zero-order chi connectivity index (χ0) is 21.7. The average Bonchev–Trinajstić information content (AvgIpc) is 3.41. The van der Waals surface area contributed by atoms with E-state index in [1.807, 2.05) is 23.7 Å². The standard InChI is InChI=1S/C24H32N2O4S/c1-19(27)30-26(17-21-20(28-2)8-16-31-21)14-11-23(22-7-3-6-13-25-22)12-15-29-24(18-23)9-4-5-10-24/h3,6-8,13,16H,4-5,9-12,14-15,17-18H2,1-2H3/t23-/m1/s1. The minimum absolute atomic E-state index is 0.0288. The highest BCUT2D eigenvalue weighted by atomic mass is 32.1. The third kappa shape index (κ3) is 5.10. The molecule has 1 saturated heterocycles. The van der Waals surface area contributed by atoms with Gasteiger partial charge in [0.05, 0.1) is 24.1 Å².